The summed E-state index contributed by atoms with van der Waals surface area (Å²) < 4.78 is 0. The molecule has 0 radical (unpaired) electrons. The standard InChI is InChI=1S/C8H17NO2/c1-2-3-4-5-7(10)6-8(9)11/h7,10H,2-6H2,1H3,(H2,9,11)/t7-/m1/s1. The van der Waals surface area contributed by atoms with Crippen molar-refractivity contribution in [2.24, 2.45) is 5.73 Å². The highest BCUT2D eigenvalue weighted by molar-refractivity contribution is 5.74. The van der Waals surface area contributed by atoms with E-state index in [4.69, 9.17) is 10.8 Å². The molecular formula is C8H17NO2. The van der Waals surface area contributed by atoms with Gasteiger partial charge >= 0.3 is 0 Å². The van der Waals surface area contributed by atoms with Crippen LogP contribution in [0.3, 0.4) is 0 Å². The van der Waals surface area contributed by atoms with Gasteiger partial charge in [0, 0.05) is 0 Å². The Kier molecular flexibility index (Phi) is 5.84. The van der Waals surface area contributed by atoms with E-state index in [1.807, 2.05) is 0 Å². The van der Waals surface area contributed by atoms with E-state index in [0.717, 1.165) is 19.3 Å². The van der Waals surface area contributed by atoms with Gasteiger partial charge in [0.15, 0.2) is 0 Å². The molecular weight excluding hydrogens is 142 g/mol. The van der Waals surface area contributed by atoms with Crippen LogP contribution < -0.4 is 5.73 Å². The van der Waals surface area contributed by atoms with Gasteiger partial charge in [-0.25, -0.2) is 0 Å². The monoisotopic (exact) mass is 159 g/mol. The van der Waals surface area contributed by atoms with Crippen molar-refractivity contribution in [3.8, 4) is 0 Å². The summed E-state index contributed by atoms with van der Waals surface area (Å²) >= 11 is 0. The van der Waals surface area contributed by atoms with Crippen LogP contribution in [-0.4, -0.2) is 17.1 Å². The number of aliphatic hydroxyl groups is 1. The highest BCUT2D eigenvalue weighted by Gasteiger charge is 2.06. The number of unbranched alkanes of at least 4 members (excludes halogenated alkanes) is 2. The Bertz CT molecular complexity index is 115. The molecule has 0 saturated carbocycles. The maximum atomic E-state index is 10.3. The minimum Gasteiger partial charge on any atom is -0.393 e. The predicted molar refractivity (Wildman–Crippen MR) is 44.0 cm³/mol. The molecule has 3 heteroatoms. The van der Waals surface area contributed by atoms with Crippen LogP contribution in [-0.2, 0) is 4.79 Å². The van der Waals surface area contributed by atoms with E-state index < -0.39 is 12.0 Å². The average molecular weight is 159 g/mol. The zero-order chi connectivity index (χ0) is 8.69. The van der Waals surface area contributed by atoms with Crippen molar-refractivity contribution in [1.82, 2.24) is 0 Å². The van der Waals surface area contributed by atoms with Crippen LogP contribution in [0.25, 0.3) is 0 Å². The Morgan fingerprint density at radius 1 is 1.55 bits per heavy atom. The van der Waals surface area contributed by atoms with Gasteiger partial charge in [-0.15, -0.1) is 0 Å². The molecule has 11 heavy (non-hydrogen) atoms. The summed E-state index contributed by atoms with van der Waals surface area (Å²) in [6.07, 6.45) is 3.48. The number of carbonyl (C=O) groups excluding carboxylic acids is 1. The molecule has 66 valence electrons. The Morgan fingerprint density at radius 2 is 2.18 bits per heavy atom. The summed E-state index contributed by atoms with van der Waals surface area (Å²) in [5, 5.41) is 9.15. The highest BCUT2D eigenvalue weighted by atomic mass is 16.3. The van der Waals surface area contributed by atoms with Crippen molar-refractivity contribution >= 4 is 5.91 Å². The van der Waals surface area contributed by atoms with Crippen molar-refractivity contribution in [2.45, 2.75) is 45.1 Å². The summed E-state index contributed by atoms with van der Waals surface area (Å²) in [6, 6.07) is 0. The molecule has 0 aromatic rings. The summed E-state index contributed by atoms with van der Waals surface area (Å²) in [5.41, 5.74) is 4.90. The fraction of sp³-hybridized carbons (Fsp3) is 0.875. The largest absolute Gasteiger partial charge is 0.393 e. The molecule has 0 aliphatic heterocycles. The molecule has 0 heterocycles. The van der Waals surface area contributed by atoms with Gasteiger partial charge in [0.25, 0.3) is 0 Å². The number of nitrogens with two attached hydrogens (primary N) is 1. The Morgan fingerprint density at radius 3 is 2.64 bits per heavy atom. The summed E-state index contributed by atoms with van der Waals surface area (Å²) in [7, 11) is 0. The Balaban J connectivity index is 3.22. The average Bonchev–Trinajstić information content (AvgIpc) is 1.86. The normalized spacial score (nSPS) is 12.9. The molecule has 0 rings (SSSR count). The van der Waals surface area contributed by atoms with Crippen LogP contribution in [0.5, 0.6) is 0 Å². The second kappa shape index (κ2) is 6.16. The third kappa shape index (κ3) is 7.33. The lowest BCUT2D eigenvalue weighted by Gasteiger charge is -2.06. The molecule has 3 N–H and O–H groups in total. The van der Waals surface area contributed by atoms with Gasteiger partial charge in [-0.2, -0.15) is 0 Å². The number of aliphatic hydroxyl groups excluding tert-OH is 1. The number of rotatable bonds is 6. The lowest BCUT2D eigenvalue weighted by Crippen LogP contribution is -2.19. The first-order valence-corrected chi connectivity index (χ1v) is 4.13. The SMILES string of the molecule is CCCCC[C@@H](O)CC(N)=O. The predicted octanol–water partition coefficient (Wildman–Crippen LogP) is 0.803. The van der Waals surface area contributed by atoms with Crippen molar-refractivity contribution in [3.63, 3.8) is 0 Å². The number of primary amides is 1. The molecule has 3 nitrogen and oxygen atoms in total. The van der Waals surface area contributed by atoms with E-state index in [1.54, 1.807) is 0 Å². The Labute approximate surface area is 67.6 Å². The van der Waals surface area contributed by atoms with E-state index in [9.17, 15) is 4.79 Å². The van der Waals surface area contributed by atoms with E-state index in [1.165, 1.54) is 0 Å². The maximum absolute atomic E-state index is 10.3. The van der Waals surface area contributed by atoms with Crippen LogP contribution in [0, 0.1) is 0 Å². The maximum Gasteiger partial charge on any atom is 0.220 e. The van der Waals surface area contributed by atoms with Crippen molar-refractivity contribution in [2.75, 3.05) is 0 Å². The van der Waals surface area contributed by atoms with Crippen LogP contribution in [0.2, 0.25) is 0 Å². The smallest absolute Gasteiger partial charge is 0.220 e. The van der Waals surface area contributed by atoms with Crippen LogP contribution in [0.4, 0.5) is 0 Å². The van der Waals surface area contributed by atoms with Crippen LogP contribution in [0.15, 0.2) is 0 Å². The molecule has 0 aliphatic rings. The molecule has 0 bridgehead atoms. The quantitative estimate of drug-likeness (QED) is 0.563. The molecule has 1 atom stereocenters. The number of hydrogen-bond donors (Lipinski definition) is 2. The minimum atomic E-state index is -0.529. The van der Waals surface area contributed by atoms with Gasteiger partial charge in [0.2, 0.25) is 5.91 Å². The van der Waals surface area contributed by atoms with Gasteiger partial charge in [-0.1, -0.05) is 26.2 Å². The molecule has 0 spiro atoms. The molecule has 0 aromatic carbocycles. The van der Waals surface area contributed by atoms with Crippen LogP contribution >= 0.6 is 0 Å². The van der Waals surface area contributed by atoms with Crippen LogP contribution in [0.1, 0.15) is 39.0 Å². The van der Waals surface area contributed by atoms with Gasteiger partial charge in [-0.05, 0) is 6.42 Å². The lowest BCUT2D eigenvalue weighted by atomic mass is 10.1. The minimum absolute atomic E-state index is 0.101. The first-order chi connectivity index (χ1) is 5.16. The van der Waals surface area contributed by atoms with Crippen molar-refractivity contribution in [3.05, 3.63) is 0 Å². The third-order valence-corrected chi connectivity index (χ3v) is 1.58. The van der Waals surface area contributed by atoms with Gasteiger partial charge in [0.05, 0.1) is 12.5 Å². The van der Waals surface area contributed by atoms with E-state index in [2.05, 4.69) is 6.92 Å². The van der Waals surface area contributed by atoms with E-state index >= 15 is 0 Å². The zero-order valence-corrected chi connectivity index (χ0v) is 7.05. The Hall–Kier alpha value is -0.570. The second-order valence-electron chi connectivity index (χ2n) is 2.82. The fourth-order valence-corrected chi connectivity index (χ4v) is 0.964. The fourth-order valence-electron chi connectivity index (χ4n) is 0.964. The number of amides is 1. The van der Waals surface area contributed by atoms with Gasteiger partial charge < -0.3 is 10.8 Å². The number of carbonyl (C=O) groups is 1. The lowest BCUT2D eigenvalue weighted by molar-refractivity contribution is -0.119. The third-order valence-electron chi connectivity index (χ3n) is 1.58. The second-order valence-corrected chi connectivity index (χ2v) is 2.82. The molecule has 1 amide bonds. The van der Waals surface area contributed by atoms with Gasteiger partial charge in [0.1, 0.15) is 0 Å². The molecule has 0 aromatic heterocycles. The van der Waals surface area contributed by atoms with E-state index in [0.29, 0.717) is 6.42 Å². The van der Waals surface area contributed by atoms with Crippen molar-refractivity contribution < 1.29 is 9.90 Å². The molecule has 0 aliphatic carbocycles. The highest BCUT2D eigenvalue weighted by Crippen LogP contribution is 2.05. The van der Waals surface area contributed by atoms with E-state index in [-0.39, 0.29) is 6.42 Å². The zero-order valence-electron chi connectivity index (χ0n) is 7.05. The summed E-state index contributed by atoms with van der Waals surface area (Å²) in [5.74, 6) is -0.422. The first-order valence-electron chi connectivity index (χ1n) is 4.13. The first kappa shape index (κ1) is 10.4. The molecule has 0 unspecified atom stereocenters. The van der Waals surface area contributed by atoms with Gasteiger partial charge in [-0.3, -0.25) is 4.79 Å². The van der Waals surface area contributed by atoms with Crippen molar-refractivity contribution in [1.29, 1.82) is 0 Å². The summed E-state index contributed by atoms with van der Waals surface area (Å²) in [6.45, 7) is 2.10. The summed E-state index contributed by atoms with van der Waals surface area (Å²) in [4.78, 5) is 10.3. The topological polar surface area (TPSA) is 63.3 Å². The molecule has 0 fully saturated rings. The molecule has 0 saturated heterocycles. The number of hydrogen-bond acceptors (Lipinski definition) is 2.